The van der Waals surface area contributed by atoms with Gasteiger partial charge in [-0.3, -0.25) is 9.59 Å². The van der Waals surface area contributed by atoms with Crippen molar-refractivity contribution in [3.63, 3.8) is 0 Å². The largest absolute Gasteiger partial charge is 0.356 e. The Kier molecular flexibility index (Phi) is 4.17. The molecule has 17 heavy (non-hydrogen) atoms. The normalized spacial score (nSPS) is 19.8. The van der Waals surface area contributed by atoms with Gasteiger partial charge in [-0.25, -0.2) is 0 Å². The third-order valence-electron chi connectivity index (χ3n) is 2.68. The lowest BCUT2D eigenvalue weighted by Gasteiger charge is -2.21. The Labute approximate surface area is 112 Å². The van der Waals surface area contributed by atoms with E-state index in [1.165, 1.54) is 0 Å². The van der Waals surface area contributed by atoms with Crippen LogP contribution >= 0.6 is 27.3 Å². The molecule has 0 aromatic carbocycles. The number of carbonyl (C=O) groups excluding carboxylic acids is 2. The van der Waals surface area contributed by atoms with Gasteiger partial charge in [0.05, 0.1) is 10.3 Å². The van der Waals surface area contributed by atoms with Crippen LogP contribution in [0.4, 0.5) is 0 Å². The molecular weight excluding hydrogens is 304 g/mol. The van der Waals surface area contributed by atoms with Gasteiger partial charge in [0.1, 0.15) is 0 Å². The van der Waals surface area contributed by atoms with Crippen LogP contribution in [0.3, 0.4) is 0 Å². The van der Waals surface area contributed by atoms with Crippen molar-refractivity contribution in [1.82, 2.24) is 10.6 Å². The summed E-state index contributed by atoms with van der Waals surface area (Å²) in [6, 6.07) is 3.93. The van der Waals surface area contributed by atoms with Crippen LogP contribution in [0.25, 0.3) is 0 Å². The molecule has 92 valence electrons. The van der Waals surface area contributed by atoms with E-state index >= 15 is 0 Å². The standard InChI is InChI=1S/C11H13BrN2O2S/c12-9-2-1-8(17-9)6-14-11(16)7-3-4-13-10(15)5-7/h1-2,7H,3-6H2,(H,13,15)(H,14,16). The molecule has 1 aromatic rings. The lowest BCUT2D eigenvalue weighted by Crippen LogP contribution is -2.40. The van der Waals surface area contributed by atoms with Crippen LogP contribution in [0.5, 0.6) is 0 Å². The summed E-state index contributed by atoms with van der Waals surface area (Å²) in [7, 11) is 0. The fraction of sp³-hybridized carbons (Fsp3) is 0.455. The Morgan fingerprint density at radius 1 is 1.59 bits per heavy atom. The van der Waals surface area contributed by atoms with E-state index in [4.69, 9.17) is 0 Å². The molecule has 1 saturated heterocycles. The highest BCUT2D eigenvalue weighted by atomic mass is 79.9. The minimum absolute atomic E-state index is 0.0237. The van der Waals surface area contributed by atoms with Gasteiger partial charge in [-0.05, 0) is 34.5 Å². The monoisotopic (exact) mass is 316 g/mol. The molecule has 1 unspecified atom stereocenters. The van der Waals surface area contributed by atoms with Crippen LogP contribution in [0, 0.1) is 5.92 Å². The summed E-state index contributed by atoms with van der Waals surface area (Å²) in [6.07, 6.45) is 1.03. The summed E-state index contributed by atoms with van der Waals surface area (Å²) < 4.78 is 1.05. The minimum atomic E-state index is -0.174. The van der Waals surface area contributed by atoms with E-state index in [1.807, 2.05) is 12.1 Å². The summed E-state index contributed by atoms with van der Waals surface area (Å²) in [4.78, 5) is 24.1. The lowest BCUT2D eigenvalue weighted by atomic mass is 9.97. The predicted octanol–water partition coefficient (Wildman–Crippen LogP) is 1.65. The van der Waals surface area contributed by atoms with Gasteiger partial charge in [0, 0.05) is 23.8 Å². The van der Waals surface area contributed by atoms with E-state index in [-0.39, 0.29) is 17.7 Å². The second kappa shape index (κ2) is 5.64. The highest BCUT2D eigenvalue weighted by Gasteiger charge is 2.25. The van der Waals surface area contributed by atoms with E-state index in [0.29, 0.717) is 19.5 Å². The van der Waals surface area contributed by atoms with Crippen molar-refractivity contribution >= 4 is 39.1 Å². The minimum Gasteiger partial charge on any atom is -0.356 e. The highest BCUT2D eigenvalue weighted by Crippen LogP contribution is 2.22. The number of piperidine rings is 1. The zero-order chi connectivity index (χ0) is 12.3. The van der Waals surface area contributed by atoms with Crippen LogP contribution < -0.4 is 10.6 Å². The number of nitrogens with one attached hydrogen (secondary N) is 2. The maximum atomic E-state index is 11.8. The van der Waals surface area contributed by atoms with Crippen LogP contribution in [-0.4, -0.2) is 18.4 Å². The molecule has 1 atom stereocenters. The summed E-state index contributed by atoms with van der Waals surface area (Å²) in [5, 5.41) is 5.59. The first-order valence-electron chi connectivity index (χ1n) is 5.44. The summed E-state index contributed by atoms with van der Waals surface area (Å²) >= 11 is 4.98. The molecule has 4 nitrogen and oxygen atoms in total. The summed E-state index contributed by atoms with van der Waals surface area (Å²) in [6.45, 7) is 1.13. The number of hydrogen-bond donors (Lipinski definition) is 2. The number of rotatable bonds is 3. The van der Waals surface area contributed by atoms with Crippen molar-refractivity contribution in [2.24, 2.45) is 5.92 Å². The van der Waals surface area contributed by atoms with Crippen molar-refractivity contribution in [3.8, 4) is 0 Å². The number of amides is 2. The third kappa shape index (κ3) is 3.54. The second-order valence-electron chi connectivity index (χ2n) is 3.96. The smallest absolute Gasteiger partial charge is 0.223 e. The van der Waals surface area contributed by atoms with Crippen LogP contribution in [0.1, 0.15) is 17.7 Å². The average Bonchev–Trinajstić information content (AvgIpc) is 2.72. The third-order valence-corrected chi connectivity index (χ3v) is 4.31. The molecule has 0 radical (unpaired) electrons. The van der Waals surface area contributed by atoms with Crippen LogP contribution in [-0.2, 0) is 16.1 Å². The molecular formula is C11H13BrN2O2S. The van der Waals surface area contributed by atoms with E-state index in [1.54, 1.807) is 11.3 Å². The van der Waals surface area contributed by atoms with Crippen molar-refractivity contribution in [3.05, 3.63) is 20.8 Å². The van der Waals surface area contributed by atoms with E-state index in [9.17, 15) is 9.59 Å². The molecule has 2 N–H and O–H groups in total. The first-order chi connectivity index (χ1) is 8.15. The van der Waals surface area contributed by atoms with Gasteiger partial charge in [0.25, 0.3) is 0 Å². The van der Waals surface area contributed by atoms with E-state index in [2.05, 4.69) is 26.6 Å². The number of hydrogen-bond acceptors (Lipinski definition) is 3. The van der Waals surface area contributed by atoms with Crippen molar-refractivity contribution in [2.45, 2.75) is 19.4 Å². The highest BCUT2D eigenvalue weighted by molar-refractivity contribution is 9.11. The van der Waals surface area contributed by atoms with Gasteiger partial charge in [-0.2, -0.15) is 0 Å². The van der Waals surface area contributed by atoms with Crippen molar-refractivity contribution in [2.75, 3.05) is 6.54 Å². The van der Waals surface area contributed by atoms with Gasteiger partial charge in [-0.15, -0.1) is 11.3 Å². The quantitative estimate of drug-likeness (QED) is 0.891. The molecule has 2 rings (SSSR count). The zero-order valence-electron chi connectivity index (χ0n) is 9.16. The van der Waals surface area contributed by atoms with Gasteiger partial charge < -0.3 is 10.6 Å². The van der Waals surface area contributed by atoms with Gasteiger partial charge in [0.2, 0.25) is 11.8 Å². The van der Waals surface area contributed by atoms with Crippen molar-refractivity contribution in [1.29, 1.82) is 0 Å². The Morgan fingerprint density at radius 2 is 2.41 bits per heavy atom. The summed E-state index contributed by atoms with van der Waals surface area (Å²) in [5.74, 6) is -0.230. The maximum absolute atomic E-state index is 11.8. The molecule has 2 heterocycles. The SMILES string of the molecule is O=C1CC(C(=O)NCc2ccc(Br)s2)CCN1. The Bertz CT molecular complexity index is 433. The van der Waals surface area contributed by atoms with Crippen LogP contribution in [0.2, 0.25) is 0 Å². The molecule has 1 aliphatic rings. The van der Waals surface area contributed by atoms with E-state index < -0.39 is 0 Å². The second-order valence-corrected chi connectivity index (χ2v) is 6.51. The van der Waals surface area contributed by atoms with E-state index in [0.717, 1.165) is 15.1 Å². The first-order valence-corrected chi connectivity index (χ1v) is 7.05. The molecule has 1 fully saturated rings. The fourth-order valence-electron chi connectivity index (χ4n) is 1.77. The molecule has 0 bridgehead atoms. The maximum Gasteiger partial charge on any atom is 0.223 e. The first kappa shape index (κ1) is 12.6. The average molecular weight is 317 g/mol. The number of halogens is 1. The summed E-state index contributed by atoms with van der Waals surface area (Å²) in [5.41, 5.74) is 0. The Morgan fingerprint density at radius 3 is 3.06 bits per heavy atom. The number of thiophene rings is 1. The molecule has 0 spiro atoms. The van der Waals surface area contributed by atoms with Gasteiger partial charge in [0.15, 0.2) is 0 Å². The molecule has 0 aliphatic carbocycles. The van der Waals surface area contributed by atoms with Crippen molar-refractivity contribution < 1.29 is 9.59 Å². The van der Waals surface area contributed by atoms with Crippen LogP contribution in [0.15, 0.2) is 15.9 Å². The molecule has 1 aromatic heterocycles. The number of carbonyl (C=O) groups is 2. The topological polar surface area (TPSA) is 58.2 Å². The molecule has 2 amide bonds. The Hall–Kier alpha value is -0.880. The van der Waals surface area contributed by atoms with Gasteiger partial charge in [-0.1, -0.05) is 0 Å². The van der Waals surface area contributed by atoms with Gasteiger partial charge >= 0.3 is 0 Å². The lowest BCUT2D eigenvalue weighted by molar-refractivity contribution is -0.132. The predicted molar refractivity (Wildman–Crippen MR) is 69.6 cm³/mol. The fourth-order valence-corrected chi connectivity index (χ4v) is 3.20. The Balaban J connectivity index is 1.82. The molecule has 1 aliphatic heterocycles. The molecule has 6 heteroatoms. The zero-order valence-corrected chi connectivity index (χ0v) is 11.6. The molecule has 0 saturated carbocycles.